The number of hydrogen-bond donors (Lipinski definition) is 2. The molecule has 2 nitrogen and oxygen atoms in total. The lowest BCUT2D eigenvalue weighted by Gasteiger charge is -2.16. The van der Waals surface area contributed by atoms with Gasteiger partial charge in [-0.1, -0.05) is 31.6 Å². The van der Waals surface area contributed by atoms with E-state index < -0.39 is 12.2 Å². The largest absolute Gasteiger partial charge is 0.386 e. The Labute approximate surface area is 66.9 Å². The van der Waals surface area contributed by atoms with E-state index in [1.807, 2.05) is 6.08 Å². The van der Waals surface area contributed by atoms with Crippen molar-refractivity contribution in [2.45, 2.75) is 32.0 Å². The maximum absolute atomic E-state index is 9.20. The molecule has 2 atom stereocenters. The molecule has 2 unspecified atom stereocenters. The third-order valence-electron chi connectivity index (χ3n) is 1.78. The van der Waals surface area contributed by atoms with Crippen molar-refractivity contribution in [1.29, 1.82) is 0 Å². The van der Waals surface area contributed by atoms with Crippen LogP contribution < -0.4 is 0 Å². The van der Waals surface area contributed by atoms with E-state index in [0.717, 1.165) is 18.4 Å². The van der Waals surface area contributed by atoms with Gasteiger partial charge in [0.25, 0.3) is 0 Å². The average molecular weight is 154 g/mol. The molecular formula is C9H14O2. The third kappa shape index (κ3) is 2.17. The van der Waals surface area contributed by atoms with Gasteiger partial charge in [0, 0.05) is 0 Å². The van der Waals surface area contributed by atoms with E-state index in [9.17, 15) is 5.11 Å². The standard InChI is InChI=1S/C9H14O2/c1-2-3-7-4-5-8(10)9(11)6-7/h4-6,8-11H,2-3H2,1H3. The third-order valence-corrected chi connectivity index (χ3v) is 1.78. The highest BCUT2D eigenvalue weighted by molar-refractivity contribution is 5.26. The minimum absolute atomic E-state index is 0.707. The van der Waals surface area contributed by atoms with Crippen molar-refractivity contribution < 1.29 is 10.2 Å². The fourth-order valence-corrected chi connectivity index (χ4v) is 1.16. The summed E-state index contributed by atoms with van der Waals surface area (Å²) in [7, 11) is 0. The molecule has 0 radical (unpaired) electrons. The average Bonchev–Trinajstić information content (AvgIpc) is 1.98. The SMILES string of the molecule is CCCC1=CC(O)C(O)C=C1. The molecule has 11 heavy (non-hydrogen) atoms. The Morgan fingerprint density at radius 2 is 2.09 bits per heavy atom. The van der Waals surface area contributed by atoms with E-state index in [1.165, 1.54) is 0 Å². The van der Waals surface area contributed by atoms with Crippen molar-refractivity contribution in [1.82, 2.24) is 0 Å². The van der Waals surface area contributed by atoms with Crippen LogP contribution in [0.15, 0.2) is 23.8 Å². The molecule has 2 heteroatoms. The molecular weight excluding hydrogens is 140 g/mol. The molecule has 0 aromatic heterocycles. The van der Waals surface area contributed by atoms with E-state index in [-0.39, 0.29) is 0 Å². The molecule has 0 aromatic carbocycles. The lowest BCUT2D eigenvalue weighted by Crippen LogP contribution is -2.23. The van der Waals surface area contributed by atoms with Gasteiger partial charge in [0.15, 0.2) is 0 Å². The smallest absolute Gasteiger partial charge is 0.102 e. The first-order valence-corrected chi connectivity index (χ1v) is 3.99. The van der Waals surface area contributed by atoms with E-state index >= 15 is 0 Å². The van der Waals surface area contributed by atoms with Gasteiger partial charge in [0.05, 0.1) is 0 Å². The van der Waals surface area contributed by atoms with Gasteiger partial charge in [-0.2, -0.15) is 0 Å². The quantitative estimate of drug-likeness (QED) is 0.623. The van der Waals surface area contributed by atoms with Crippen molar-refractivity contribution in [3.63, 3.8) is 0 Å². The maximum Gasteiger partial charge on any atom is 0.102 e. The second-order valence-corrected chi connectivity index (χ2v) is 2.83. The van der Waals surface area contributed by atoms with Crippen molar-refractivity contribution in [3.8, 4) is 0 Å². The van der Waals surface area contributed by atoms with Crippen molar-refractivity contribution in [2.24, 2.45) is 0 Å². The first kappa shape index (κ1) is 8.50. The Hall–Kier alpha value is -0.600. The zero-order chi connectivity index (χ0) is 8.27. The van der Waals surface area contributed by atoms with Gasteiger partial charge in [-0.05, 0) is 12.0 Å². The zero-order valence-corrected chi connectivity index (χ0v) is 6.70. The maximum atomic E-state index is 9.20. The molecule has 0 spiro atoms. The molecule has 2 N–H and O–H groups in total. The van der Waals surface area contributed by atoms with Crippen LogP contribution in [0.3, 0.4) is 0 Å². The summed E-state index contributed by atoms with van der Waals surface area (Å²) in [6.45, 7) is 2.09. The Bertz CT molecular complexity index is 182. The highest BCUT2D eigenvalue weighted by Crippen LogP contribution is 2.15. The van der Waals surface area contributed by atoms with Gasteiger partial charge in [-0.15, -0.1) is 0 Å². The first-order chi connectivity index (χ1) is 5.24. The van der Waals surface area contributed by atoms with E-state index in [4.69, 9.17) is 5.11 Å². The summed E-state index contributed by atoms with van der Waals surface area (Å²) in [5.41, 5.74) is 1.12. The lowest BCUT2D eigenvalue weighted by atomic mass is 9.99. The number of rotatable bonds is 2. The molecule has 0 aromatic rings. The molecule has 0 saturated carbocycles. The highest BCUT2D eigenvalue weighted by Gasteiger charge is 2.14. The van der Waals surface area contributed by atoms with Gasteiger partial charge >= 0.3 is 0 Å². The van der Waals surface area contributed by atoms with Crippen LogP contribution in [0.5, 0.6) is 0 Å². The van der Waals surface area contributed by atoms with Crippen molar-refractivity contribution >= 4 is 0 Å². The lowest BCUT2D eigenvalue weighted by molar-refractivity contribution is 0.0785. The van der Waals surface area contributed by atoms with Gasteiger partial charge in [-0.3, -0.25) is 0 Å². The molecule has 0 amide bonds. The van der Waals surface area contributed by atoms with Crippen molar-refractivity contribution in [2.75, 3.05) is 0 Å². The fraction of sp³-hybridized carbons (Fsp3) is 0.556. The molecule has 62 valence electrons. The molecule has 0 bridgehead atoms. The van der Waals surface area contributed by atoms with E-state index in [0.29, 0.717) is 0 Å². The number of aliphatic hydroxyl groups excluding tert-OH is 2. The number of aliphatic hydroxyl groups is 2. The summed E-state index contributed by atoms with van der Waals surface area (Å²) in [5.74, 6) is 0. The molecule has 1 aliphatic carbocycles. The van der Waals surface area contributed by atoms with Crippen LogP contribution in [0.25, 0.3) is 0 Å². The molecule has 1 aliphatic rings. The fourth-order valence-electron chi connectivity index (χ4n) is 1.16. The molecule has 0 saturated heterocycles. The predicted molar refractivity (Wildman–Crippen MR) is 44.1 cm³/mol. The summed E-state index contributed by atoms with van der Waals surface area (Å²) >= 11 is 0. The van der Waals surface area contributed by atoms with Gasteiger partial charge < -0.3 is 10.2 Å². The normalized spacial score (nSPS) is 30.3. The predicted octanol–water partition coefficient (Wildman–Crippen LogP) is 1.00. The topological polar surface area (TPSA) is 40.5 Å². The molecule has 0 fully saturated rings. The summed E-state index contributed by atoms with van der Waals surface area (Å²) < 4.78 is 0. The minimum Gasteiger partial charge on any atom is -0.386 e. The van der Waals surface area contributed by atoms with Gasteiger partial charge in [-0.25, -0.2) is 0 Å². The zero-order valence-electron chi connectivity index (χ0n) is 6.70. The van der Waals surface area contributed by atoms with Crippen LogP contribution in [0, 0.1) is 0 Å². The van der Waals surface area contributed by atoms with Gasteiger partial charge in [0.1, 0.15) is 12.2 Å². The Morgan fingerprint density at radius 3 is 2.64 bits per heavy atom. The minimum atomic E-state index is -0.712. The highest BCUT2D eigenvalue weighted by atomic mass is 16.3. The van der Waals surface area contributed by atoms with Crippen molar-refractivity contribution in [3.05, 3.63) is 23.8 Å². The molecule has 0 aliphatic heterocycles. The van der Waals surface area contributed by atoms with E-state index in [1.54, 1.807) is 12.2 Å². The second-order valence-electron chi connectivity index (χ2n) is 2.83. The Balaban J connectivity index is 2.57. The number of allylic oxidation sites excluding steroid dienone is 2. The summed E-state index contributed by atoms with van der Waals surface area (Å²) in [5, 5.41) is 18.3. The van der Waals surface area contributed by atoms with Crippen LogP contribution in [-0.4, -0.2) is 22.4 Å². The van der Waals surface area contributed by atoms with Crippen LogP contribution in [0.1, 0.15) is 19.8 Å². The van der Waals surface area contributed by atoms with E-state index in [2.05, 4.69) is 6.92 Å². The Morgan fingerprint density at radius 1 is 1.36 bits per heavy atom. The molecule has 1 rings (SSSR count). The molecule has 0 heterocycles. The van der Waals surface area contributed by atoms with Gasteiger partial charge in [0.2, 0.25) is 0 Å². The summed E-state index contributed by atoms with van der Waals surface area (Å²) in [6.07, 6.45) is 5.85. The Kier molecular flexibility index (Phi) is 2.85. The first-order valence-electron chi connectivity index (χ1n) is 3.99. The summed E-state index contributed by atoms with van der Waals surface area (Å²) in [6, 6.07) is 0. The van der Waals surface area contributed by atoms with Crippen LogP contribution in [-0.2, 0) is 0 Å². The monoisotopic (exact) mass is 154 g/mol. The van der Waals surface area contributed by atoms with Crippen LogP contribution in [0.4, 0.5) is 0 Å². The second kappa shape index (κ2) is 3.69. The van der Waals surface area contributed by atoms with Crippen LogP contribution in [0.2, 0.25) is 0 Å². The van der Waals surface area contributed by atoms with Crippen LogP contribution >= 0.6 is 0 Å². The summed E-state index contributed by atoms with van der Waals surface area (Å²) in [4.78, 5) is 0. The number of hydrogen-bond acceptors (Lipinski definition) is 2.